The predicted molar refractivity (Wildman–Crippen MR) is 97.0 cm³/mol. The Bertz CT molecular complexity index is 600. The van der Waals surface area contributed by atoms with Crippen molar-refractivity contribution in [1.29, 1.82) is 0 Å². The van der Waals surface area contributed by atoms with E-state index >= 15 is 0 Å². The van der Waals surface area contributed by atoms with Gasteiger partial charge in [0.05, 0.1) is 0 Å². The third-order valence-electron chi connectivity index (χ3n) is 6.02. The Kier molecular flexibility index (Phi) is 4.88. The van der Waals surface area contributed by atoms with Gasteiger partial charge in [0.15, 0.2) is 0 Å². The molecule has 4 heterocycles. The Morgan fingerprint density at radius 2 is 1.96 bits per heavy atom. The highest BCUT2D eigenvalue weighted by atomic mass is 16.2. The first kappa shape index (κ1) is 16.8. The highest BCUT2D eigenvalue weighted by Crippen LogP contribution is 2.33. The number of aromatic nitrogens is 2. The number of fused-ring (bicyclic) bond motifs is 4. The van der Waals surface area contributed by atoms with Crippen molar-refractivity contribution in [3.05, 3.63) is 18.0 Å². The predicted octanol–water partition coefficient (Wildman–Crippen LogP) is 2.13. The van der Waals surface area contributed by atoms with Gasteiger partial charge < -0.3 is 10.2 Å². The zero-order valence-corrected chi connectivity index (χ0v) is 15.2. The lowest BCUT2D eigenvalue weighted by molar-refractivity contribution is -0.138. The molecule has 5 rings (SSSR count). The van der Waals surface area contributed by atoms with Crippen LogP contribution in [0.5, 0.6) is 0 Å². The Hall–Kier alpha value is -1.69. The van der Waals surface area contributed by atoms with E-state index in [1.807, 2.05) is 19.3 Å². The highest BCUT2D eigenvalue weighted by Gasteiger charge is 2.39. The fourth-order valence-corrected chi connectivity index (χ4v) is 4.39. The molecule has 0 aromatic carbocycles. The first-order valence-electron chi connectivity index (χ1n) is 9.80. The maximum atomic E-state index is 12.7. The van der Waals surface area contributed by atoms with Crippen LogP contribution in [0.25, 0.3) is 0 Å². The van der Waals surface area contributed by atoms with Crippen LogP contribution in [0.2, 0.25) is 0 Å². The van der Waals surface area contributed by atoms with E-state index < -0.39 is 0 Å². The fraction of sp³-hybridized carbons (Fsp3) is 0.737. The Labute approximate surface area is 150 Å². The smallest absolute Gasteiger partial charge is 0.225 e. The van der Waals surface area contributed by atoms with Gasteiger partial charge in [-0.05, 0) is 38.5 Å². The molecule has 4 aliphatic rings. The monoisotopic (exact) mass is 343 g/mol. The van der Waals surface area contributed by atoms with Gasteiger partial charge in [-0.2, -0.15) is 0 Å². The van der Waals surface area contributed by atoms with Crippen molar-refractivity contribution in [2.24, 2.45) is 11.8 Å². The molecule has 1 aliphatic carbocycles. The number of amides is 1. The summed E-state index contributed by atoms with van der Waals surface area (Å²) in [4.78, 5) is 26.2. The number of carbonyl (C=O) groups is 1. The van der Waals surface area contributed by atoms with Crippen LogP contribution in [-0.4, -0.2) is 57.9 Å². The van der Waals surface area contributed by atoms with Gasteiger partial charge in [0.1, 0.15) is 0 Å². The number of nitrogens with one attached hydrogen (secondary N) is 1. The summed E-state index contributed by atoms with van der Waals surface area (Å²) in [5, 5.41) is 3.14. The highest BCUT2D eigenvalue weighted by molar-refractivity contribution is 5.79. The van der Waals surface area contributed by atoms with Crippen molar-refractivity contribution in [2.75, 3.05) is 31.5 Å². The van der Waals surface area contributed by atoms with Crippen molar-refractivity contribution in [3.63, 3.8) is 0 Å². The zero-order chi connectivity index (χ0) is 17.2. The van der Waals surface area contributed by atoms with Gasteiger partial charge in [0.2, 0.25) is 11.9 Å². The lowest BCUT2D eigenvalue weighted by atomic mass is 9.84. The molecule has 3 saturated heterocycles. The molecule has 0 spiro atoms. The molecule has 0 radical (unpaired) electrons. The van der Waals surface area contributed by atoms with E-state index in [1.54, 1.807) is 0 Å². The van der Waals surface area contributed by atoms with Crippen molar-refractivity contribution >= 4 is 11.9 Å². The summed E-state index contributed by atoms with van der Waals surface area (Å²) >= 11 is 0. The molecule has 2 atom stereocenters. The third kappa shape index (κ3) is 3.64. The summed E-state index contributed by atoms with van der Waals surface area (Å²) in [6, 6.07) is 0.483. The number of carbonyl (C=O) groups excluding carboxylic acids is 1. The normalized spacial score (nSPS) is 27.0. The van der Waals surface area contributed by atoms with Crippen LogP contribution < -0.4 is 5.32 Å². The summed E-state index contributed by atoms with van der Waals surface area (Å²) in [5.41, 5.74) is 1.16. The molecule has 1 saturated carbocycles. The van der Waals surface area contributed by atoms with E-state index in [0.29, 0.717) is 29.7 Å². The van der Waals surface area contributed by atoms with Gasteiger partial charge in [-0.1, -0.05) is 6.42 Å². The molecule has 6 heteroatoms. The molecule has 1 aromatic heterocycles. The fourth-order valence-electron chi connectivity index (χ4n) is 4.39. The van der Waals surface area contributed by atoms with Gasteiger partial charge in [-0.15, -0.1) is 0 Å². The molecule has 6 nitrogen and oxygen atoms in total. The molecule has 1 N–H and O–H groups in total. The molecule has 136 valence electrons. The van der Waals surface area contributed by atoms with Crippen LogP contribution in [0.3, 0.4) is 0 Å². The van der Waals surface area contributed by atoms with Crippen LogP contribution in [-0.2, 0) is 11.3 Å². The standard InChI is InChI=1S/C19H29N5O/c1-2-20-19-21-8-15(9-22-19)12-23-10-14-6-7-17(23)13-24(11-14)18(25)16-4-3-5-16/h8-9,14,16-17H,2-7,10-13H2,1H3,(H,20,21,22)/t14-,17-/m0/s1. The first-order valence-corrected chi connectivity index (χ1v) is 9.80. The number of hydrogen-bond donors (Lipinski definition) is 1. The number of rotatable bonds is 5. The maximum absolute atomic E-state index is 12.7. The molecule has 0 unspecified atom stereocenters. The summed E-state index contributed by atoms with van der Waals surface area (Å²) in [5.74, 6) is 2.05. The van der Waals surface area contributed by atoms with Crippen molar-refractivity contribution in [3.8, 4) is 0 Å². The molecule has 1 amide bonds. The van der Waals surface area contributed by atoms with Gasteiger partial charge >= 0.3 is 0 Å². The van der Waals surface area contributed by atoms with E-state index in [0.717, 1.165) is 51.1 Å². The van der Waals surface area contributed by atoms with E-state index in [4.69, 9.17) is 0 Å². The van der Waals surface area contributed by atoms with Gasteiger partial charge in [0.25, 0.3) is 0 Å². The third-order valence-corrected chi connectivity index (χ3v) is 6.02. The zero-order valence-electron chi connectivity index (χ0n) is 15.2. The Balaban J connectivity index is 1.40. The molecule has 2 bridgehead atoms. The minimum absolute atomic E-state index is 0.318. The average Bonchev–Trinajstić information content (AvgIpc) is 2.87. The van der Waals surface area contributed by atoms with Crippen LogP contribution in [0, 0.1) is 11.8 Å². The average molecular weight is 343 g/mol. The van der Waals surface area contributed by atoms with Crippen LogP contribution in [0.15, 0.2) is 12.4 Å². The maximum Gasteiger partial charge on any atom is 0.225 e. The van der Waals surface area contributed by atoms with E-state index in [9.17, 15) is 4.79 Å². The van der Waals surface area contributed by atoms with Crippen molar-refractivity contribution < 1.29 is 4.79 Å². The molecule has 1 aromatic rings. The Morgan fingerprint density at radius 1 is 1.16 bits per heavy atom. The topological polar surface area (TPSA) is 61.4 Å². The summed E-state index contributed by atoms with van der Waals surface area (Å²) < 4.78 is 0. The number of piperidine rings is 1. The van der Waals surface area contributed by atoms with Crippen LogP contribution in [0.4, 0.5) is 5.95 Å². The molecule has 4 fully saturated rings. The largest absolute Gasteiger partial charge is 0.355 e. The SMILES string of the molecule is CCNc1ncc(CN2C[C@@H]3CC[C@H]2CN(C(=O)C2CCC2)C3)cn1. The molecule has 25 heavy (non-hydrogen) atoms. The van der Waals surface area contributed by atoms with Gasteiger partial charge in [-0.3, -0.25) is 9.69 Å². The first-order chi connectivity index (χ1) is 12.2. The van der Waals surface area contributed by atoms with Crippen molar-refractivity contribution in [2.45, 2.75) is 51.6 Å². The number of hydrogen-bond acceptors (Lipinski definition) is 5. The lowest BCUT2D eigenvalue weighted by Crippen LogP contribution is -2.45. The second-order valence-electron chi connectivity index (χ2n) is 7.84. The minimum Gasteiger partial charge on any atom is -0.355 e. The summed E-state index contributed by atoms with van der Waals surface area (Å²) in [6.45, 7) is 6.72. The summed E-state index contributed by atoms with van der Waals surface area (Å²) in [7, 11) is 0. The lowest BCUT2D eigenvalue weighted by Gasteiger charge is -2.36. The van der Waals surface area contributed by atoms with Gasteiger partial charge in [-0.25, -0.2) is 9.97 Å². The summed E-state index contributed by atoms with van der Waals surface area (Å²) in [6.07, 6.45) is 9.75. The molecule has 3 aliphatic heterocycles. The van der Waals surface area contributed by atoms with Crippen LogP contribution in [0.1, 0.15) is 44.6 Å². The Morgan fingerprint density at radius 3 is 2.64 bits per heavy atom. The van der Waals surface area contributed by atoms with Gasteiger partial charge in [0, 0.05) is 62.6 Å². The second-order valence-corrected chi connectivity index (χ2v) is 7.84. The quantitative estimate of drug-likeness (QED) is 0.887. The van der Waals surface area contributed by atoms with Crippen LogP contribution >= 0.6 is 0 Å². The van der Waals surface area contributed by atoms with Crippen molar-refractivity contribution in [1.82, 2.24) is 19.8 Å². The number of anilines is 1. The molecular weight excluding hydrogens is 314 g/mol. The second kappa shape index (κ2) is 7.28. The number of nitrogens with zero attached hydrogens (tertiary/aromatic N) is 4. The van der Waals surface area contributed by atoms with E-state index in [2.05, 4.69) is 25.1 Å². The van der Waals surface area contributed by atoms with E-state index in [-0.39, 0.29) is 0 Å². The molecular formula is C19H29N5O. The minimum atomic E-state index is 0.318. The van der Waals surface area contributed by atoms with E-state index in [1.165, 1.54) is 19.3 Å².